The number of nitrogens with one attached hydrogen (secondary N) is 3. The van der Waals surface area contributed by atoms with Crippen molar-refractivity contribution in [2.75, 3.05) is 23.7 Å². The van der Waals surface area contributed by atoms with Crippen molar-refractivity contribution in [3.05, 3.63) is 52.3 Å². The lowest BCUT2D eigenvalue weighted by molar-refractivity contribution is 0.184. The van der Waals surface area contributed by atoms with Crippen molar-refractivity contribution in [3.8, 4) is 0 Å². The first kappa shape index (κ1) is 22.0. The molecule has 0 saturated heterocycles. The summed E-state index contributed by atoms with van der Waals surface area (Å²) in [4.78, 5) is 15.7. The van der Waals surface area contributed by atoms with E-state index in [2.05, 4.69) is 20.9 Å². The third kappa shape index (κ3) is 7.47. The zero-order valence-corrected chi connectivity index (χ0v) is 16.5. The number of hydrogen-bond donors (Lipinski definition) is 4. The first-order valence-corrected chi connectivity index (χ1v) is 9.03. The highest BCUT2D eigenvalue weighted by atomic mass is 35.5. The Bertz CT molecular complexity index is 693. The molecule has 0 saturated carbocycles. The largest absolute Gasteiger partial charge is 0.389 e. The summed E-state index contributed by atoms with van der Waals surface area (Å²) >= 11 is 11.9. The number of aromatic nitrogens is 1. The highest BCUT2D eigenvalue weighted by Crippen LogP contribution is 2.28. The van der Waals surface area contributed by atoms with Crippen LogP contribution in [0.25, 0.3) is 0 Å². The van der Waals surface area contributed by atoms with Crippen LogP contribution in [0.5, 0.6) is 0 Å². The Balaban J connectivity index is 0.00000163. The minimum absolute atomic E-state index is 0.0744. The quantitative estimate of drug-likeness (QED) is 0.583. The maximum Gasteiger partial charge on any atom is 0.319 e. The van der Waals surface area contributed by atoms with Crippen LogP contribution in [0.3, 0.4) is 0 Å². The highest BCUT2D eigenvalue weighted by Gasteiger charge is 2.10. The van der Waals surface area contributed by atoms with Crippen molar-refractivity contribution in [3.63, 3.8) is 0 Å². The maximum atomic E-state index is 11.8. The molecule has 2 amide bonds. The molecule has 2 rings (SSSR count). The van der Waals surface area contributed by atoms with Crippen molar-refractivity contribution < 1.29 is 9.90 Å². The van der Waals surface area contributed by atoms with Gasteiger partial charge in [0, 0.05) is 31.2 Å². The van der Waals surface area contributed by atoms with Crippen LogP contribution < -0.4 is 16.0 Å². The van der Waals surface area contributed by atoms with Gasteiger partial charge in [0.05, 0.1) is 21.8 Å². The summed E-state index contributed by atoms with van der Waals surface area (Å²) in [7, 11) is 0. The van der Waals surface area contributed by atoms with Gasteiger partial charge in [-0.1, -0.05) is 49.2 Å². The standard InChI is InChI=1S/C16H18Cl2N4O2.C2H6/c1-10-3-2-4-11(5-10)22-16(24)21-7-12(23)6-20-15-13(17)8-19-9-14(15)18;1-2/h2-5,8-9,12,23H,6-7H2,1H3,(H,19,20)(H2,21,22,24);1-2H3. The Morgan fingerprint density at radius 3 is 2.46 bits per heavy atom. The van der Waals surface area contributed by atoms with Gasteiger partial charge in [0.1, 0.15) is 0 Å². The lowest BCUT2D eigenvalue weighted by Gasteiger charge is -2.15. The number of rotatable bonds is 6. The topological polar surface area (TPSA) is 86.3 Å². The molecule has 1 aromatic heterocycles. The molecular formula is C18H24Cl2N4O2. The SMILES string of the molecule is CC.Cc1cccc(NC(=O)NCC(O)CNc2c(Cl)cncc2Cl)c1. The molecule has 4 N–H and O–H groups in total. The average molecular weight is 399 g/mol. The first-order chi connectivity index (χ1) is 12.5. The fourth-order valence-corrected chi connectivity index (χ4v) is 2.48. The molecular weight excluding hydrogens is 375 g/mol. The molecule has 6 nitrogen and oxygen atoms in total. The van der Waals surface area contributed by atoms with E-state index in [1.807, 2.05) is 39.0 Å². The van der Waals surface area contributed by atoms with Crippen molar-refractivity contribution in [1.82, 2.24) is 10.3 Å². The molecule has 0 aliphatic heterocycles. The smallest absolute Gasteiger partial charge is 0.319 e. The van der Waals surface area contributed by atoms with Crippen LogP contribution in [0.15, 0.2) is 36.7 Å². The molecule has 8 heteroatoms. The van der Waals surface area contributed by atoms with Gasteiger partial charge in [-0.05, 0) is 24.6 Å². The summed E-state index contributed by atoms with van der Waals surface area (Å²) in [5, 5.41) is 18.9. The van der Waals surface area contributed by atoms with Gasteiger partial charge >= 0.3 is 6.03 Å². The van der Waals surface area contributed by atoms with Gasteiger partial charge in [0.2, 0.25) is 0 Å². The zero-order valence-electron chi connectivity index (χ0n) is 15.0. The fraction of sp³-hybridized carbons (Fsp3) is 0.333. The highest BCUT2D eigenvalue weighted by molar-refractivity contribution is 6.38. The molecule has 0 radical (unpaired) electrons. The number of benzene rings is 1. The van der Waals surface area contributed by atoms with Gasteiger partial charge < -0.3 is 21.1 Å². The summed E-state index contributed by atoms with van der Waals surface area (Å²) in [6, 6.07) is 7.04. The Hall–Kier alpha value is -2.02. The van der Waals surface area contributed by atoms with Gasteiger partial charge in [0.15, 0.2) is 0 Å². The molecule has 1 aromatic carbocycles. The molecule has 0 spiro atoms. The van der Waals surface area contributed by atoms with Gasteiger partial charge in [0.25, 0.3) is 0 Å². The van der Waals surface area contributed by atoms with E-state index in [0.717, 1.165) is 5.56 Å². The number of carbonyl (C=O) groups is 1. The number of pyridine rings is 1. The van der Waals surface area contributed by atoms with Gasteiger partial charge in [-0.2, -0.15) is 0 Å². The number of amides is 2. The Morgan fingerprint density at radius 1 is 1.19 bits per heavy atom. The number of aliphatic hydroxyl groups excluding tert-OH is 1. The normalized spacial score (nSPS) is 11.0. The van der Waals surface area contributed by atoms with E-state index in [9.17, 15) is 9.90 Å². The van der Waals surface area contributed by atoms with E-state index in [-0.39, 0.29) is 19.1 Å². The third-order valence-corrected chi connectivity index (χ3v) is 3.72. The monoisotopic (exact) mass is 398 g/mol. The molecule has 1 heterocycles. The van der Waals surface area contributed by atoms with Crippen LogP contribution in [0.4, 0.5) is 16.2 Å². The predicted molar refractivity (Wildman–Crippen MR) is 108 cm³/mol. The fourth-order valence-electron chi connectivity index (χ4n) is 1.98. The minimum atomic E-state index is -0.812. The van der Waals surface area contributed by atoms with Gasteiger partial charge in [-0.25, -0.2) is 4.79 Å². The van der Waals surface area contributed by atoms with E-state index in [1.54, 1.807) is 6.07 Å². The number of nitrogens with zero attached hydrogens (tertiary/aromatic N) is 1. The van der Waals surface area contributed by atoms with Crippen LogP contribution in [-0.4, -0.2) is 35.3 Å². The number of aryl methyl sites for hydroxylation is 1. The Labute approximate surface area is 163 Å². The van der Waals surface area contributed by atoms with Gasteiger partial charge in [-0.15, -0.1) is 0 Å². The predicted octanol–water partition coefficient (Wildman–Crippen LogP) is 4.32. The van der Waals surface area contributed by atoms with E-state index in [4.69, 9.17) is 23.2 Å². The second-order valence-corrected chi connectivity index (χ2v) is 6.03. The average Bonchev–Trinajstić information content (AvgIpc) is 2.61. The van der Waals surface area contributed by atoms with Crippen LogP contribution in [0.1, 0.15) is 19.4 Å². The number of urea groups is 1. The second-order valence-electron chi connectivity index (χ2n) is 5.22. The molecule has 0 fully saturated rings. The maximum absolute atomic E-state index is 11.8. The molecule has 1 atom stereocenters. The second kappa shape index (κ2) is 11.6. The molecule has 2 aromatic rings. The van der Waals surface area contributed by atoms with E-state index in [0.29, 0.717) is 21.4 Å². The van der Waals surface area contributed by atoms with Crippen LogP contribution in [0.2, 0.25) is 10.0 Å². The van der Waals surface area contributed by atoms with Crippen molar-refractivity contribution in [1.29, 1.82) is 0 Å². The third-order valence-electron chi connectivity index (χ3n) is 3.14. The molecule has 0 bridgehead atoms. The summed E-state index contributed by atoms with van der Waals surface area (Å²) in [5.74, 6) is 0. The van der Waals surface area contributed by atoms with E-state index >= 15 is 0 Å². The zero-order chi connectivity index (χ0) is 19.5. The van der Waals surface area contributed by atoms with E-state index in [1.165, 1.54) is 12.4 Å². The molecule has 142 valence electrons. The van der Waals surface area contributed by atoms with Crippen LogP contribution >= 0.6 is 23.2 Å². The summed E-state index contributed by atoms with van der Waals surface area (Å²) in [6.45, 7) is 6.19. The van der Waals surface area contributed by atoms with Gasteiger partial charge in [-0.3, -0.25) is 4.98 Å². The lowest BCUT2D eigenvalue weighted by Crippen LogP contribution is -2.38. The van der Waals surface area contributed by atoms with Crippen molar-refractivity contribution in [2.24, 2.45) is 0 Å². The number of aliphatic hydroxyl groups is 1. The molecule has 1 unspecified atom stereocenters. The summed E-state index contributed by atoms with van der Waals surface area (Å²) in [5.41, 5.74) is 2.23. The Kier molecular flexibility index (Phi) is 9.80. The van der Waals surface area contributed by atoms with Crippen LogP contribution in [-0.2, 0) is 0 Å². The Morgan fingerprint density at radius 2 is 1.85 bits per heavy atom. The first-order valence-electron chi connectivity index (χ1n) is 8.28. The molecule has 26 heavy (non-hydrogen) atoms. The van der Waals surface area contributed by atoms with Crippen LogP contribution in [0, 0.1) is 6.92 Å². The van der Waals surface area contributed by atoms with Crippen molar-refractivity contribution >= 4 is 40.6 Å². The van der Waals surface area contributed by atoms with E-state index < -0.39 is 6.10 Å². The number of halogens is 2. The summed E-state index contributed by atoms with van der Waals surface area (Å²) in [6.07, 6.45) is 2.10. The molecule has 0 aliphatic rings. The molecule has 0 aliphatic carbocycles. The number of carbonyl (C=O) groups excluding carboxylic acids is 1. The summed E-state index contributed by atoms with van der Waals surface area (Å²) < 4.78 is 0. The minimum Gasteiger partial charge on any atom is -0.389 e. The number of hydrogen-bond acceptors (Lipinski definition) is 4. The number of anilines is 2. The lowest BCUT2D eigenvalue weighted by atomic mass is 10.2. The van der Waals surface area contributed by atoms with Crippen molar-refractivity contribution in [2.45, 2.75) is 26.9 Å².